The lowest BCUT2D eigenvalue weighted by atomic mass is 10.1. The monoisotopic (exact) mass is 413 g/mol. The predicted octanol–water partition coefficient (Wildman–Crippen LogP) is 2.56. The summed E-state index contributed by atoms with van der Waals surface area (Å²) >= 11 is 0. The number of likely N-dealkylation sites (N-methyl/N-ethyl adjacent to an activating group) is 1. The van der Waals surface area contributed by atoms with Crippen molar-refractivity contribution in [2.75, 3.05) is 38.9 Å². The quantitative estimate of drug-likeness (QED) is 0.657. The Kier molecular flexibility index (Phi) is 7.13. The van der Waals surface area contributed by atoms with Gasteiger partial charge in [0, 0.05) is 0 Å². The smallest absolute Gasteiger partial charge is 0.238 e. The number of anilines is 1. The molecule has 1 aliphatic heterocycles. The van der Waals surface area contributed by atoms with Crippen LogP contribution in [0, 0.1) is 0 Å². The first-order valence-corrected chi connectivity index (χ1v) is 9.84. The first kappa shape index (κ1) is 21.4. The van der Waals surface area contributed by atoms with Gasteiger partial charge in [-0.15, -0.1) is 0 Å². The summed E-state index contributed by atoms with van der Waals surface area (Å²) in [5, 5.41) is 5.79. The summed E-state index contributed by atoms with van der Waals surface area (Å²) in [6, 6.07) is 12.6. The van der Waals surface area contributed by atoms with E-state index in [9.17, 15) is 9.59 Å². The molecule has 160 valence electrons. The van der Waals surface area contributed by atoms with Crippen LogP contribution in [0.15, 0.2) is 42.5 Å². The molecule has 8 nitrogen and oxygen atoms in total. The van der Waals surface area contributed by atoms with Crippen LogP contribution in [0.5, 0.6) is 17.2 Å². The fourth-order valence-corrected chi connectivity index (χ4v) is 3.18. The lowest BCUT2D eigenvalue weighted by Gasteiger charge is -2.21. The van der Waals surface area contributed by atoms with Crippen molar-refractivity contribution >= 4 is 17.5 Å². The van der Waals surface area contributed by atoms with Crippen molar-refractivity contribution in [1.82, 2.24) is 10.2 Å². The SMILES string of the molecule is CCN(CC(=O)Nc1ccccc1OC)CC(=O)N[C@@H](C)c1ccc2c(c1)OCO2. The molecule has 1 atom stereocenters. The molecule has 0 bridgehead atoms. The minimum Gasteiger partial charge on any atom is -0.495 e. The van der Waals surface area contributed by atoms with E-state index in [-0.39, 0.29) is 37.7 Å². The molecule has 1 heterocycles. The molecule has 2 aromatic rings. The van der Waals surface area contributed by atoms with Gasteiger partial charge in [0.25, 0.3) is 0 Å². The Labute approximate surface area is 176 Å². The second-order valence-corrected chi connectivity index (χ2v) is 6.95. The largest absolute Gasteiger partial charge is 0.495 e. The number of methoxy groups -OCH3 is 1. The standard InChI is InChI=1S/C22H27N3O5/c1-4-25(13-22(27)24-17-7-5-6-8-18(17)28-3)12-21(26)23-15(2)16-9-10-19-20(11-16)30-14-29-19/h5-11,15H,4,12-14H2,1-3H3,(H,23,26)(H,24,27)/t15-/m0/s1. The van der Waals surface area contributed by atoms with Gasteiger partial charge in [-0.2, -0.15) is 0 Å². The van der Waals surface area contributed by atoms with Crippen molar-refractivity contribution in [3.63, 3.8) is 0 Å². The maximum atomic E-state index is 12.5. The second kappa shape index (κ2) is 9.98. The Morgan fingerprint density at radius 3 is 2.60 bits per heavy atom. The fraction of sp³-hybridized carbons (Fsp3) is 0.364. The van der Waals surface area contributed by atoms with Gasteiger partial charge in [0.2, 0.25) is 18.6 Å². The lowest BCUT2D eigenvalue weighted by molar-refractivity contribution is -0.123. The normalized spacial score (nSPS) is 13.1. The van der Waals surface area contributed by atoms with E-state index in [0.717, 1.165) is 5.56 Å². The molecule has 0 aliphatic carbocycles. The number of para-hydroxylation sites is 2. The highest BCUT2D eigenvalue weighted by atomic mass is 16.7. The van der Waals surface area contributed by atoms with Crippen LogP contribution in [0.25, 0.3) is 0 Å². The number of carbonyl (C=O) groups is 2. The van der Waals surface area contributed by atoms with Gasteiger partial charge >= 0.3 is 0 Å². The molecule has 0 aromatic heterocycles. The van der Waals surface area contributed by atoms with Crippen molar-refractivity contribution in [2.24, 2.45) is 0 Å². The minimum absolute atomic E-state index is 0.0976. The van der Waals surface area contributed by atoms with Crippen LogP contribution in [0.2, 0.25) is 0 Å². The van der Waals surface area contributed by atoms with Crippen LogP contribution in [0.3, 0.4) is 0 Å². The number of hydrogen-bond acceptors (Lipinski definition) is 6. The van der Waals surface area contributed by atoms with E-state index in [0.29, 0.717) is 29.5 Å². The molecule has 2 aromatic carbocycles. The summed E-state index contributed by atoms with van der Waals surface area (Å²) in [6.45, 7) is 4.79. The van der Waals surface area contributed by atoms with Crippen molar-refractivity contribution in [3.8, 4) is 17.2 Å². The highest BCUT2D eigenvalue weighted by Gasteiger charge is 2.19. The highest BCUT2D eigenvalue weighted by molar-refractivity contribution is 5.94. The average Bonchev–Trinajstić information content (AvgIpc) is 3.21. The number of fused-ring (bicyclic) bond motifs is 1. The molecule has 8 heteroatoms. The predicted molar refractivity (Wildman–Crippen MR) is 113 cm³/mol. The van der Waals surface area contributed by atoms with Crippen LogP contribution in [-0.2, 0) is 9.59 Å². The first-order chi connectivity index (χ1) is 14.5. The number of hydrogen-bond donors (Lipinski definition) is 2. The van der Waals surface area contributed by atoms with Crippen molar-refractivity contribution in [3.05, 3.63) is 48.0 Å². The number of amides is 2. The molecule has 0 fully saturated rings. The van der Waals surface area contributed by atoms with E-state index in [1.54, 1.807) is 24.1 Å². The van der Waals surface area contributed by atoms with E-state index >= 15 is 0 Å². The van der Waals surface area contributed by atoms with Crippen molar-refractivity contribution < 1.29 is 23.8 Å². The van der Waals surface area contributed by atoms with Gasteiger partial charge < -0.3 is 24.8 Å². The number of ether oxygens (including phenoxy) is 3. The molecular weight excluding hydrogens is 386 g/mol. The van der Waals surface area contributed by atoms with Crippen LogP contribution >= 0.6 is 0 Å². The summed E-state index contributed by atoms with van der Waals surface area (Å²) in [5.41, 5.74) is 1.52. The van der Waals surface area contributed by atoms with Gasteiger partial charge in [-0.25, -0.2) is 0 Å². The first-order valence-electron chi connectivity index (χ1n) is 9.84. The lowest BCUT2D eigenvalue weighted by Crippen LogP contribution is -2.41. The molecule has 0 radical (unpaired) electrons. The number of carbonyl (C=O) groups excluding carboxylic acids is 2. The van der Waals surface area contributed by atoms with Crippen LogP contribution in [0.1, 0.15) is 25.5 Å². The molecule has 0 saturated carbocycles. The molecular formula is C22H27N3O5. The third-order valence-corrected chi connectivity index (χ3v) is 4.84. The van der Waals surface area contributed by atoms with E-state index in [1.165, 1.54) is 0 Å². The number of benzene rings is 2. The summed E-state index contributed by atoms with van der Waals surface area (Å²) < 4.78 is 15.9. The van der Waals surface area contributed by atoms with E-state index in [1.807, 2.05) is 44.2 Å². The van der Waals surface area contributed by atoms with Crippen LogP contribution < -0.4 is 24.8 Å². The van der Waals surface area contributed by atoms with Crippen molar-refractivity contribution in [2.45, 2.75) is 19.9 Å². The average molecular weight is 413 g/mol. The molecule has 30 heavy (non-hydrogen) atoms. The topological polar surface area (TPSA) is 89.1 Å². The molecule has 3 rings (SSSR count). The maximum Gasteiger partial charge on any atom is 0.238 e. The van der Waals surface area contributed by atoms with E-state index < -0.39 is 0 Å². The van der Waals surface area contributed by atoms with Crippen LogP contribution in [0.4, 0.5) is 5.69 Å². The fourth-order valence-electron chi connectivity index (χ4n) is 3.18. The third-order valence-electron chi connectivity index (χ3n) is 4.84. The number of nitrogens with one attached hydrogen (secondary N) is 2. The van der Waals surface area contributed by atoms with Gasteiger partial charge in [0.05, 0.1) is 31.9 Å². The van der Waals surface area contributed by atoms with E-state index in [2.05, 4.69) is 10.6 Å². The number of rotatable bonds is 9. The molecule has 2 amide bonds. The van der Waals surface area contributed by atoms with Crippen LogP contribution in [-0.4, -0.2) is 50.3 Å². The Bertz CT molecular complexity index is 902. The van der Waals surface area contributed by atoms with Gasteiger partial charge in [0.1, 0.15) is 5.75 Å². The maximum absolute atomic E-state index is 12.5. The zero-order valence-electron chi connectivity index (χ0n) is 17.4. The molecule has 0 saturated heterocycles. The number of nitrogens with zero attached hydrogens (tertiary/aromatic N) is 1. The molecule has 0 spiro atoms. The Morgan fingerprint density at radius 1 is 1.10 bits per heavy atom. The Morgan fingerprint density at radius 2 is 1.83 bits per heavy atom. The molecule has 2 N–H and O–H groups in total. The van der Waals surface area contributed by atoms with E-state index in [4.69, 9.17) is 14.2 Å². The highest BCUT2D eigenvalue weighted by Crippen LogP contribution is 2.34. The van der Waals surface area contributed by atoms with Crippen molar-refractivity contribution in [1.29, 1.82) is 0 Å². The summed E-state index contributed by atoms with van der Waals surface area (Å²) in [6.07, 6.45) is 0. The van der Waals surface area contributed by atoms with Gasteiger partial charge in [-0.1, -0.05) is 25.1 Å². The zero-order chi connectivity index (χ0) is 21.5. The van der Waals surface area contributed by atoms with Gasteiger partial charge in [-0.3, -0.25) is 14.5 Å². The Balaban J connectivity index is 1.52. The summed E-state index contributed by atoms with van der Waals surface area (Å²) in [4.78, 5) is 26.7. The van der Waals surface area contributed by atoms with Gasteiger partial charge in [0.15, 0.2) is 11.5 Å². The second-order valence-electron chi connectivity index (χ2n) is 6.95. The third kappa shape index (κ3) is 5.42. The summed E-state index contributed by atoms with van der Waals surface area (Å²) in [5.74, 6) is 1.60. The minimum atomic E-state index is -0.210. The molecule has 0 unspecified atom stereocenters. The molecule has 1 aliphatic rings. The summed E-state index contributed by atoms with van der Waals surface area (Å²) in [7, 11) is 1.55. The Hall–Kier alpha value is -3.26. The zero-order valence-corrected chi connectivity index (χ0v) is 17.4. The van der Waals surface area contributed by atoms with Gasteiger partial charge in [-0.05, 0) is 43.3 Å².